The van der Waals surface area contributed by atoms with Crippen molar-refractivity contribution in [2.75, 3.05) is 0 Å². The predicted molar refractivity (Wildman–Crippen MR) is 227 cm³/mol. The molecule has 0 unspecified atom stereocenters. The summed E-state index contributed by atoms with van der Waals surface area (Å²) >= 11 is 5.61. The van der Waals surface area contributed by atoms with E-state index in [4.69, 9.17) is 9.47 Å². The second kappa shape index (κ2) is 14.7. The van der Waals surface area contributed by atoms with Gasteiger partial charge in [0.05, 0.1) is 9.06 Å². The number of aromatic nitrogens is 2. The van der Waals surface area contributed by atoms with Gasteiger partial charge in [-0.2, -0.15) is 21.0 Å². The Labute approximate surface area is 349 Å². The van der Waals surface area contributed by atoms with Gasteiger partial charge in [-0.15, -0.1) is 45.3 Å². The van der Waals surface area contributed by atoms with Gasteiger partial charge in [-0.05, 0) is 102 Å². The average Bonchev–Trinajstić information content (AvgIpc) is 4.01. The minimum atomic E-state index is -0.514. The van der Waals surface area contributed by atoms with Crippen LogP contribution in [-0.4, -0.2) is 9.13 Å². The van der Waals surface area contributed by atoms with Crippen molar-refractivity contribution < 1.29 is 9.47 Å². The van der Waals surface area contributed by atoms with Crippen LogP contribution >= 0.6 is 45.3 Å². The van der Waals surface area contributed by atoms with Crippen LogP contribution in [0.2, 0.25) is 0 Å². The van der Waals surface area contributed by atoms with Gasteiger partial charge in [-0.3, -0.25) is 18.7 Å². The molecule has 0 saturated heterocycles. The maximum Gasteiger partial charge on any atom is 0.269 e. The van der Waals surface area contributed by atoms with Crippen LogP contribution < -0.4 is 39.0 Å². The molecule has 0 atom stereocenters. The van der Waals surface area contributed by atoms with Gasteiger partial charge in [0.15, 0.2) is 11.1 Å². The number of nitrogens with zero attached hydrogens (tertiary/aromatic N) is 6. The van der Waals surface area contributed by atoms with E-state index < -0.39 is 11.2 Å². The lowest BCUT2D eigenvalue weighted by Crippen LogP contribution is -2.38. The van der Waals surface area contributed by atoms with Crippen molar-refractivity contribution in [3.63, 3.8) is 0 Å². The summed E-state index contributed by atoms with van der Waals surface area (Å²) in [6.07, 6.45) is 13.7. The molecule has 0 radical (unpaired) electrons. The Balaban J connectivity index is 1.22. The molecule has 2 aliphatic carbocycles. The van der Waals surface area contributed by atoms with Gasteiger partial charge in [0, 0.05) is 54.9 Å². The summed E-state index contributed by atoms with van der Waals surface area (Å²) in [4.78, 5) is 31.1. The third-order valence-corrected chi connectivity index (χ3v) is 16.3. The van der Waals surface area contributed by atoms with Gasteiger partial charge in [0.1, 0.15) is 56.3 Å². The number of thiazole rings is 2. The van der Waals surface area contributed by atoms with Crippen LogP contribution in [0, 0.1) is 45.3 Å². The summed E-state index contributed by atoms with van der Waals surface area (Å²) in [6.45, 7) is 4.38. The number of nitriles is 4. The van der Waals surface area contributed by atoms with Gasteiger partial charge >= 0.3 is 0 Å². The molecule has 1 aromatic carbocycles. The highest BCUT2D eigenvalue weighted by Crippen LogP contribution is 2.60. The molecule has 4 aromatic heterocycles. The van der Waals surface area contributed by atoms with E-state index in [0.717, 1.165) is 117 Å². The fourth-order valence-electron chi connectivity index (χ4n) is 9.13. The quantitative estimate of drug-likeness (QED) is 0.192. The molecule has 290 valence electrons. The second-order valence-electron chi connectivity index (χ2n) is 15.1. The lowest BCUT2D eigenvalue weighted by molar-refractivity contribution is 0.0203. The fraction of sp³-hybridized carbons (Fsp3) is 0.364. The first-order valence-electron chi connectivity index (χ1n) is 19.6. The van der Waals surface area contributed by atoms with Crippen LogP contribution in [0.4, 0.5) is 0 Å². The van der Waals surface area contributed by atoms with Crippen molar-refractivity contribution in [1.29, 1.82) is 21.0 Å². The summed E-state index contributed by atoms with van der Waals surface area (Å²) in [5.74, 6) is 1.60. The van der Waals surface area contributed by atoms with E-state index in [2.05, 4.69) is 24.3 Å². The molecule has 4 aliphatic rings. The topological polar surface area (TPSA) is 158 Å². The first kappa shape index (κ1) is 38.1. The van der Waals surface area contributed by atoms with Crippen LogP contribution in [0.1, 0.15) is 98.9 Å². The molecule has 0 amide bonds. The minimum absolute atomic E-state index is 0.0686. The highest BCUT2D eigenvalue weighted by molar-refractivity contribution is 7.17. The average molecular weight is 841 g/mol. The van der Waals surface area contributed by atoms with E-state index in [1.807, 2.05) is 50.3 Å². The van der Waals surface area contributed by atoms with E-state index in [-0.39, 0.29) is 22.3 Å². The van der Waals surface area contributed by atoms with E-state index in [9.17, 15) is 30.6 Å². The molecule has 0 N–H and O–H groups in total. The Morgan fingerprint density at radius 3 is 1.34 bits per heavy atom. The van der Waals surface area contributed by atoms with Crippen LogP contribution in [-0.2, 0) is 24.3 Å². The Morgan fingerprint density at radius 2 is 1.00 bits per heavy atom. The highest BCUT2D eigenvalue weighted by atomic mass is 32.1. The van der Waals surface area contributed by atoms with Gasteiger partial charge in [0.2, 0.25) is 0 Å². The first-order chi connectivity index (χ1) is 28.2. The number of ether oxygens (including phenoxy) is 2. The van der Waals surface area contributed by atoms with Gasteiger partial charge in [-0.25, -0.2) is 0 Å². The molecule has 5 aromatic rings. The zero-order valence-corrected chi connectivity index (χ0v) is 35.2. The first-order valence-corrected chi connectivity index (χ1v) is 22.8. The zero-order chi connectivity index (χ0) is 40.3. The van der Waals surface area contributed by atoms with Crippen LogP contribution in [0.15, 0.2) is 33.9 Å². The molecule has 6 heterocycles. The largest absolute Gasteiger partial charge is 0.482 e. The summed E-state index contributed by atoms with van der Waals surface area (Å²) < 4.78 is 19.1. The van der Waals surface area contributed by atoms with E-state index in [1.54, 1.807) is 22.7 Å². The molecule has 2 aliphatic heterocycles. The van der Waals surface area contributed by atoms with Crippen molar-refractivity contribution in [3.8, 4) is 56.7 Å². The van der Waals surface area contributed by atoms with Crippen molar-refractivity contribution in [1.82, 2.24) is 9.13 Å². The third kappa shape index (κ3) is 5.93. The van der Waals surface area contributed by atoms with Gasteiger partial charge in [-0.1, -0.05) is 12.8 Å². The number of thiophene rings is 2. The zero-order valence-electron chi connectivity index (χ0n) is 31.9. The Bertz CT molecular complexity index is 2870. The number of hydrogen-bond acceptors (Lipinski definition) is 12. The smallest absolute Gasteiger partial charge is 0.269 e. The minimum Gasteiger partial charge on any atom is -0.482 e. The molecule has 2 saturated carbocycles. The van der Waals surface area contributed by atoms with E-state index in [1.165, 1.54) is 31.8 Å². The van der Waals surface area contributed by atoms with Gasteiger partial charge in [0.25, 0.3) is 11.1 Å². The lowest BCUT2D eigenvalue weighted by Gasteiger charge is -2.44. The summed E-state index contributed by atoms with van der Waals surface area (Å²) in [6, 6.07) is 16.4. The second-order valence-corrected chi connectivity index (χ2v) is 19.3. The van der Waals surface area contributed by atoms with Crippen LogP contribution in [0.3, 0.4) is 0 Å². The van der Waals surface area contributed by atoms with Crippen molar-refractivity contribution in [3.05, 3.63) is 84.2 Å². The maximum atomic E-state index is 13.5. The molecule has 2 fully saturated rings. The molecule has 0 bridgehead atoms. The summed E-state index contributed by atoms with van der Waals surface area (Å²) in [5.41, 5.74) is 2.58. The van der Waals surface area contributed by atoms with Gasteiger partial charge < -0.3 is 9.47 Å². The molecule has 58 heavy (non-hydrogen) atoms. The number of rotatable bonds is 4. The predicted octanol–water partition coefficient (Wildman–Crippen LogP) is 6.79. The molecule has 2 spiro atoms. The summed E-state index contributed by atoms with van der Waals surface area (Å²) in [5, 5.41) is 38.4. The molecule has 14 heteroatoms. The van der Waals surface area contributed by atoms with E-state index >= 15 is 0 Å². The van der Waals surface area contributed by atoms with Crippen LogP contribution in [0.5, 0.6) is 11.5 Å². The monoisotopic (exact) mass is 840 g/mol. The Morgan fingerprint density at radius 1 is 0.621 bits per heavy atom. The summed E-state index contributed by atoms with van der Waals surface area (Å²) in [7, 11) is 0. The molecule has 9 rings (SSSR count). The molecular formula is C44H36N6O4S4. The number of benzene rings is 1. The fourth-order valence-corrected chi connectivity index (χ4v) is 13.9. The lowest BCUT2D eigenvalue weighted by atomic mass is 9.76. The van der Waals surface area contributed by atoms with Crippen molar-refractivity contribution in [2.45, 2.75) is 102 Å². The SMILES string of the molecule is CCn1c(=C(C#N)C#N)s/c(=C/c2cc3c(s2)-c2cc4c(cc2OC32CCCCC2)-c2sc(/C=c3/sc(=C(C#N)C#N)n(CC)c3=O)cc2C2(CCCCC2)O4)c1=O. The van der Waals surface area contributed by atoms with Crippen molar-refractivity contribution in [2.24, 2.45) is 0 Å². The highest BCUT2D eigenvalue weighted by Gasteiger charge is 2.47. The third-order valence-electron chi connectivity index (χ3n) is 11.9. The van der Waals surface area contributed by atoms with E-state index in [0.29, 0.717) is 31.5 Å². The molecule has 10 nitrogen and oxygen atoms in total. The molecular weight excluding hydrogens is 805 g/mol. The number of fused-ring (bicyclic) bond motifs is 8. The van der Waals surface area contributed by atoms with Crippen LogP contribution in [0.25, 0.3) is 44.2 Å². The Hall–Kier alpha value is -5.48. The van der Waals surface area contributed by atoms with Crippen molar-refractivity contribution >= 4 is 68.6 Å². The standard InChI is InChI=1S/C44H36N6O4S4/c1-3-49-39(51)35(57-41(49)25(21-45)22-46)17-27-15-31-37(55-27)29-19-34-30(20-33(29)53-43(31)11-7-5-8-12-43)38-32(44(54-34)13-9-6-10-14-44)16-28(56-38)18-36-40(52)50(4-2)42(58-36)26(23-47)24-48/h15-20H,3-14H2,1-2H3/b35-17+,36-18+. The normalized spacial score (nSPS) is 17.4. The maximum absolute atomic E-state index is 13.5. The number of hydrogen-bond donors (Lipinski definition) is 0. The Kier molecular flexibility index (Phi) is 9.66.